The summed E-state index contributed by atoms with van der Waals surface area (Å²) in [4.78, 5) is 0. The zero-order chi connectivity index (χ0) is 22.8. The molecular weight excluding hydrogens is 487 g/mol. The van der Waals surface area contributed by atoms with Crippen LogP contribution in [0, 0.1) is 20.8 Å². The normalized spacial score (nSPS) is 10.8. The molecule has 32 heavy (non-hydrogen) atoms. The monoisotopic (exact) mass is 524 g/mol. The van der Waals surface area contributed by atoms with E-state index in [1.165, 1.54) is 16.7 Å². The fourth-order valence-electron chi connectivity index (χ4n) is 2.67. The van der Waals surface area contributed by atoms with Crippen molar-refractivity contribution in [1.29, 1.82) is 0 Å². The Morgan fingerprint density at radius 3 is 0.656 bits per heavy atom. The van der Waals surface area contributed by atoms with Gasteiger partial charge in [-0.2, -0.15) is 0 Å². The van der Waals surface area contributed by atoms with E-state index in [4.69, 9.17) is 0 Å². The molecule has 0 bridgehead atoms. The van der Waals surface area contributed by atoms with E-state index in [1.807, 2.05) is 54.6 Å². The van der Waals surface area contributed by atoms with Crippen molar-refractivity contribution in [3.63, 3.8) is 0 Å². The third kappa shape index (κ3) is 13.4. The van der Waals surface area contributed by atoms with Crippen LogP contribution < -0.4 is 12.4 Å². The van der Waals surface area contributed by atoms with Crippen molar-refractivity contribution in [3.05, 3.63) is 128 Å². The van der Waals surface area contributed by atoms with E-state index in [0.717, 1.165) is 0 Å². The summed E-state index contributed by atoms with van der Waals surface area (Å²) in [7, 11) is 0. The molecular formula is C30H39ClZr-. The van der Waals surface area contributed by atoms with Crippen molar-refractivity contribution in [2.45, 2.75) is 57.8 Å². The van der Waals surface area contributed by atoms with Crippen molar-refractivity contribution in [1.82, 2.24) is 0 Å². The predicted molar refractivity (Wildman–Crippen MR) is 134 cm³/mol. The number of benzene rings is 3. The molecule has 2 heteroatoms. The number of halogens is 1. The van der Waals surface area contributed by atoms with Gasteiger partial charge in [0, 0.05) is 0 Å². The van der Waals surface area contributed by atoms with Gasteiger partial charge in [0.05, 0.1) is 0 Å². The Hall–Kier alpha value is -1.17. The Labute approximate surface area is 223 Å². The minimum absolute atomic E-state index is 0. The maximum Gasteiger partial charge on any atom is 3.00 e. The molecule has 0 aliphatic heterocycles. The van der Waals surface area contributed by atoms with Crippen LogP contribution in [0.15, 0.2) is 91.0 Å². The van der Waals surface area contributed by atoms with E-state index in [0.29, 0.717) is 0 Å². The van der Waals surface area contributed by atoms with Crippen LogP contribution in [0.2, 0.25) is 0 Å². The predicted octanol–water partition coefficient (Wildman–Crippen LogP) is 5.40. The maximum atomic E-state index is 4.04. The Kier molecular flexibility index (Phi) is 15.3. The largest absolute Gasteiger partial charge is 3.00 e. The Morgan fingerprint density at radius 1 is 0.406 bits per heavy atom. The second-order valence-corrected chi connectivity index (χ2v) is 9.75. The average Bonchev–Trinajstić information content (AvgIpc) is 2.69. The van der Waals surface area contributed by atoms with Crippen molar-refractivity contribution in [3.8, 4) is 0 Å². The van der Waals surface area contributed by atoms with Crippen LogP contribution in [0.5, 0.6) is 0 Å². The molecule has 0 atom stereocenters. The third-order valence-electron chi connectivity index (χ3n) is 4.67. The van der Waals surface area contributed by atoms with Gasteiger partial charge in [0.1, 0.15) is 0 Å². The van der Waals surface area contributed by atoms with E-state index in [9.17, 15) is 0 Å². The molecule has 0 aliphatic carbocycles. The molecule has 0 N–H and O–H groups in total. The summed E-state index contributed by atoms with van der Waals surface area (Å²) in [5.74, 6) is 0. The van der Waals surface area contributed by atoms with Gasteiger partial charge in [-0.15, -0.1) is 16.2 Å². The third-order valence-corrected chi connectivity index (χ3v) is 4.67. The zero-order valence-electron chi connectivity index (χ0n) is 20.7. The van der Waals surface area contributed by atoms with Crippen LogP contribution in [-0.4, -0.2) is 0 Å². The second kappa shape index (κ2) is 14.9. The molecule has 171 valence electrons. The number of hydrogen-bond acceptors (Lipinski definition) is 0. The van der Waals surface area contributed by atoms with Crippen LogP contribution in [0.4, 0.5) is 0 Å². The first-order chi connectivity index (χ1) is 13.8. The summed E-state index contributed by atoms with van der Waals surface area (Å²) in [6, 6.07) is 31.0. The fourth-order valence-corrected chi connectivity index (χ4v) is 2.67. The first-order valence-corrected chi connectivity index (χ1v) is 10.5. The van der Waals surface area contributed by atoms with Crippen LogP contribution in [0.3, 0.4) is 0 Å². The molecule has 3 aromatic carbocycles. The van der Waals surface area contributed by atoms with Gasteiger partial charge >= 0.3 is 26.2 Å². The molecule has 0 aromatic heterocycles. The van der Waals surface area contributed by atoms with Crippen molar-refractivity contribution in [2.24, 2.45) is 0 Å². The molecule has 0 heterocycles. The van der Waals surface area contributed by atoms with Gasteiger partial charge < -0.3 is 33.2 Å². The van der Waals surface area contributed by atoms with Gasteiger partial charge in [-0.3, -0.25) is 0 Å². The molecule has 0 unspecified atom stereocenters. The van der Waals surface area contributed by atoms with Crippen LogP contribution >= 0.6 is 0 Å². The molecule has 3 rings (SSSR count). The topological polar surface area (TPSA) is 0 Å². The van der Waals surface area contributed by atoms with Crippen molar-refractivity contribution >= 4 is 0 Å². The molecule has 0 saturated heterocycles. The number of hydrogen-bond donors (Lipinski definition) is 0. The summed E-state index contributed by atoms with van der Waals surface area (Å²) >= 11 is 0. The molecule has 3 aromatic rings. The molecule has 0 fully saturated rings. The molecule has 0 saturated carbocycles. The standard InChI is InChI=1S/3C10H13.ClH.Zr/c3*1-10(2,3)9-7-5-4-6-8-9;;/h3*4-8H,1H2,2-3H3;1H;/q3*-1;;+3/p-1. The molecule has 0 amide bonds. The smallest absolute Gasteiger partial charge is 1.00 e. The van der Waals surface area contributed by atoms with Crippen LogP contribution in [0.1, 0.15) is 58.2 Å². The van der Waals surface area contributed by atoms with E-state index in [1.54, 1.807) is 0 Å². The molecule has 0 aliphatic rings. The molecule has 0 nitrogen and oxygen atoms in total. The van der Waals surface area contributed by atoms with Gasteiger partial charge in [-0.25, -0.2) is 0 Å². The molecule has 1 radical (unpaired) electrons. The van der Waals surface area contributed by atoms with E-state index in [-0.39, 0.29) is 54.9 Å². The SMILES string of the molecule is [CH2-]C(C)(C)c1ccccc1.[CH2-]C(C)(C)c1ccccc1.[CH2-]C(C)(C)c1ccccc1.[Cl-].[Zr+3]. The van der Waals surface area contributed by atoms with Gasteiger partial charge in [0.25, 0.3) is 0 Å². The summed E-state index contributed by atoms with van der Waals surface area (Å²) in [6.07, 6.45) is 0. The summed E-state index contributed by atoms with van der Waals surface area (Å²) in [5.41, 5.74) is 3.99. The number of rotatable bonds is 3. The zero-order valence-corrected chi connectivity index (χ0v) is 23.9. The minimum atomic E-state index is 0. The first kappa shape index (κ1) is 33.0. The summed E-state index contributed by atoms with van der Waals surface area (Å²) in [5, 5.41) is 0. The van der Waals surface area contributed by atoms with Crippen molar-refractivity contribution < 1.29 is 38.6 Å². The quantitative estimate of drug-likeness (QED) is 0.402. The molecule has 0 spiro atoms. The van der Waals surface area contributed by atoms with E-state index < -0.39 is 0 Å². The van der Waals surface area contributed by atoms with Gasteiger partial charge in [-0.05, 0) is 0 Å². The first-order valence-electron chi connectivity index (χ1n) is 10.5. The van der Waals surface area contributed by atoms with Gasteiger partial charge in [0.15, 0.2) is 0 Å². The van der Waals surface area contributed by atoms with Gasteiger partial charge in [-0.1, -0.05) is 149 Å². The van der Waals surface area contributed by atoms with Crippen LogP contribution in [0.25, 0.3) is 0 Å². The minimum Gasteiger partial charge on any atom is -1.00 e. The van der Waals surface area contributed by atoms with E-state index in [2.05, 4.69) is 98.7 Å². The van der Waals surface area contributed by atoms with E-state index >= 15 is 0 Å². The second-order valence-electron chi connectivity index (χ2n) is 9.75. The summed E-state index contributed by atoms with van der Waals surface area (Å²) < 4.78 is 0. The summed E-state index contributed by atoms with van der Waals surface area (Å²) in [6.45, 7) is 24.8. The van der Waals surface area contributed by atoms with Crippen molar-refractivity contribution in [2.75, 3.05) is 0 Å². The Morgan fingerprint density at radius 2 is 0.562 bits per heavy atom. The fraction of sp³-hybridized carbons (Fsp3) is 0.300. The Bertz CT molecular complexity index is 704. The Balaban J connectivity index is 0. The maximum absolute atomic E-state index is 4.04. The average molecular weight is 526 g/mol. The van der Waals surface area contributed by atoms with Crippen LogP contribution in [-0.2, 0) is 42.4 Å². The van der Waals surface area contributed by atoms with Gasteiger partial charge in [0.2, 0.25) is 0 Å².